The molecule has 0 spiro atoms. The third kappa shape index (κ3) is 6560. The van der Waals surface area contributed by atoms with E-state index >= 15 is 0 Å². The van der Waals surface area contributed by atoms with Gasteiger partial charge in [-0.05, 0) is 13.8 Å². The van der Waals surface area contributed by atoms with E-state index in [1.165, 1.54) is 0 Å². The van der Waals surface area contributed by atoms with Crippen molar-refractivity contribution in [1.29, 1.82) is 0 Å². The average molecular weight is 160 g/mol. The molecular formula is C3H9FO4S. The molecule has 0 bridgehead atoms. The molecule has 0 amide bonds. The summed E-state index contributed by atoms with van der Waals surface area (Å²) in [7, 11) is -5.17. The van der Waals surface area contributed by atoms with Crippen molar-refractivity contribution in [1.82, 2.24) is 0 Å². The molecule has 0 aliphatic rings. The van der Waals surface area contributed by atoms with E-state index in [0.29, 0.717) is 0 Å². The number of rotatable bonds is 0. The Labute approximate surface area is 53.4 Å². The molecule has 9 heavy (non-hydrogen) atoms. The fraction of sp³-hybridized carbons (Fsp3) is 1.00. The first kappa shape index (κ1) is 11.6. The summed E-state index contributed by atoms with van der Waals surface area (Å²) in [6.45, 7) is 3.44. The first-order chi connectivity index (χ1) is 3.73. The summed E-state index contributed by atoms with van der Waals surface area (Å²) in [6.07, 6.45) is -0.167. The van der Waals surface area contributed by atoms with Crippen molar-refractivity contribution in [2.45, 2.75) is 20.0 Å². The topological polar surface area (TPSA) is 74.6 Å². The lowest BCUT2D eigenvalue weighted by Crippen LogP contribution is -1.85. The van der Waals surface area contributed by atoms with Crippen molar-refractivity contribution >= 4 is 10.5 Å². The van der Waals surface area contributed by atoms with Crippen molar-refractivity contribution in [2.24, 2.45) is 0 Å². The second-order valence-electron chi connectivity index (χ2n) is 1.51. The van der Waals surface area contributed by atoms with Gasteiger partial charge in [0.15, 0.2) is 0 Å². The van der Waals surface area contributed by atoms with Crippen molar-refractivity contribution in [3.63, 3.8) is 0 Å². The Hall–Kier alpha value is -0.200. The van der Waals surface area contributed by atoms with E-state index in [1.54, 1.807) is 13.8 Å². The van der Waals surface area contributed by atoms with Gasteiger partial charge < -0.3 is 5.11 Å². The van der Waals surface area contributed by atoms with Crippen molar-refractivity contribution in [3.05, 3.63) is 0 Å². The largest absolute Gasteiger partial charge is 0.435 e. The van der Waals surface area contributed by atoms with Gasteiger partial charge in [0.2, 0.25) is 0 Å². The van der Waals surface area contributed by atoms with Crippen molar-refractivity contribution in [3.8, 4) is 0 Å². The van der Waals surface area contributed by atoms with Crippen LogP contribution in [0.25, 0.3) is 0 Å². The summed E-state index contributed by atoms with van der Waals surface area (Å²) in [5, 5.41) is 8.06. The molecule has 0 aliphatic carbocycles. The molecule has 0 unspecified atom stereocenters. The third-order valence-corrected chi connectivity index (χ3v) is 0. The van der Waals surface area contributed by atoms with Crippen LogP contribution in [0.2, 0.25) is 0 Å². The van der Waals surface area contributed by atoms with Crippen LogP contribution in [0.5, 0.6) is 0 Å². The Morgan fingerprint density at radius 1 is 1.44 bits per heavy atom. The number of halogens is 1. The van der Waals surface area contributed by atoms with E-state index in [9.17, 15) is 3.89 Å². The summed E-state index contributed by atoms with van der Waals surface area (Å²) in [4.78, 5) is 0. The predicted molar refractivity (Wildman–Crippen MR) is 30.0 cm³/mol. The van der Waals surface area contributed by atoms with Crippen LogP contribution in [-0.2, 0) is 10.5 Å². The van der Waals surface area contributed by atoms with Gasteiger partial charge in [0, 0.05) is 6.10 Å². The molecule has 0 atom stereocenters. The molecule has 0 fully saturated rings. The molecule has 0 heterocycles. The maximum atomic E-state index is 10.2. The van der Waals surface area contributed by atoms with Gasteiger partial charge in [-0.1, -0.05) is 3.89 Å². The molecule has 0 aromatic heterocycles. The summed E-state index contributed by atoms with van der Waals surface area (Å²) in [6, 6.07) is 0. The van der Waals surface area contributed by atoms with Crippen LogP contribution in [0.3, 0.4) is 0 Å². The molecular weight excluding hydrogens is 151 g/mol. The summed E-state index contributed by atoms with van der Waals surface area (Å²) in [5.41, 5.74) is 0. The first-order valence-electron chi connectivity index (χ1n) is 2.08. The van der Waals surface area contributed by atoms with Gasteiger partial charge in [0.25, 0.3) is 0 Å². The van der Waals surface area contributed by atoms with Crippen LogP contribution in [0.1, 0.15) is 13.8 Å². The predicted octanol–water partition coefficient (Wildman–Crippen LogP) is 0.146. The third-order valence-electron chi connectivity index (χ3n) is 0. The molecule has 0 aliphatic heterocycles. The second-order valence-corrected chi connectivity index (χ2v) is 2.33. The van der Waals surface area contributed by atoms with E-state index in [2.05, 4.69) is 0 Å². The molecule has 0 rings (SSSR count). The zero-order chi connectivity index (χ0) is 8.08. The maximum Gasteiger partial charge on any atom is 0.435 e. The van der Waals surface area contributed by atoms with Gasteiger partial charge >= 0.3 is 10.5 Å². The van der Waals surface area contributed by atoms with Crippen LogP contribution in [0, 0.1) is 0 Å². The van der Waals surface area contributed by atoms with Gasteiger partial charge in [-0.2, -0.15) is 8.42 Å². The Morgan fingerprint density at radius 3 is 1.44 bits per heavy atom. The zero-order valence-corrected chi connectivity index (χ0v) is 5.89. The minimum Gasteiger partial charge on any atom is -0.394 e. The van der Waals surface area contributed by atoms with Crippen LogP contribution in [0.4, 0.5) is 3.89 Å². The van der Waals surface area contributed by atoms with E-state index < -0.39 is 10.5 Å². The van der Waals surface area contributed by atoms with E-state index in [-0.39, 0.29) is 6.10 Å². The number of hydrogen-bond donors (Lipinski definition) is 2. The molecule has 0 aromatic rings. The van der Waals surface area contributed by atoms with Gasteiger partial charge in [-0.25, -0.2) is 0 Å². The Balaban J connectivity index is 0. The zero-order valence-electron chi connectivity index (χ0n) is 5.07. The Bertz CT molecular complexity index is 127. The van der Waals surface area contributed by atoms with Crippen molar-refractivity contribution in [2.75, 3.05) is 0 Å². The van der Waals surface area contributed by atoms with Gasteiger partial charge in [-0.3, -0.25) is 4.55 Å². The Kier molecular flexibility index (Phi) is 5.99. The minimum atomic E-state index is -5.17. The van der Waals surface area contributed by atoms with Gasteiger partial charge in [0.1, 0.15) is 0 Å². The molecule has 6 heteroatoms. The SMILES string of the molecule is CC(C)O.O=S(=O)(O)F. The number of aliphatic hydroxyl groups excluding tert-OH is 1. The minimum absolute atomic E-state index is 0.167. The molecule has 0 saturated carbocycles. The van der Waals surface area contributed by atoms with Crippen LogP contribution in [-0.4, -0.2) is 24.2 Å². The molecule has 0 saturated heterocycles. The number of hydrogen-bond acceptors (Lipinski definition) is 3. The highest BCUT2D eigenvalue weighted by atomic mass is 32.3. The fourth-order valence-electron chi connectivity index (χ4n) is 0. The number of aliphatic hydroxyl groups is 1. The highest BCUT2D eigenvalue weighted by Crippen LogP contribution is 1.74. The summed E-state index contributed by atoms with van der Waals surface area (Å²) in [5.74, 6) is 0. The molecule has 58 valence electrons. The lowest BCUT2D eigenvalue weighted by molar-refractivity contribution is 0.216. The molecule has 4 nitrogen and oxygen atoms in total. The van der Waals surface area contributed by atoms with Crippen molar-refractivity contribution < 1.29 is 22.0 Å². The second kappa shape index (κ2) is 4.66. The summed E-state index contributed by atoms with van der Waals surface area (Å²) < 4.78 is 34.1. The fourth-order valence-corrected chi connectivity index (χ4v) is 0. The standard InChI is InChI=1S/C3H8O.FHO3S/c1-3(2)4;1-5(2,3)4/h3-4H,1-2H3;(H,2,3,4). The molecule has 0 radical (unpaired) electrons. The van der Waals surface area contributed by atoms with E-state index in [4.69, 9.17) is 18.1 Å². The Morgan fingerprint density at radius 2 is 1.44 bits per heavy atom. The molecule has 0 aromatic carbocycles. The van der Waals surface area contributed by atoms with Gasteiger partial charge in [0.05, 0.1) is 0 Å². The highest BCUT2D eigenvalue weighted by molar-refractivity contribution is 7.80. The molecule has 2 N–H and O–H groups in total. The van der Waals surface area contributed by atoms with Gasteiger partial charge in [-0.15, -0.1) is 0 Å². The smallest absolute Gasteiger partial charge is 0.394 e. The van der Waals surface area contributed by atoms with Crippen LogP contribution >= 0.6 is 0 Å². The first-order valence-corrected chi connectivity index (χ1v) is 3.42. The van der Waals surface area contributed by atoms with Crippen LogP contribution < -0.4 is 0 Å². The lowest BCUT2D eigenvalue weighted by Gasteiger charge is -1.80. The summed E-state index contributed by atoms with van der Waals surface area (Å²) >= 11 is 0. The maximum absolute atomic E-state index is 10.2. The van der Waals surface area contributed by atoms with E-state index in [1.807, 2.05) is 0 Å². The average Bonchev–Trinajstić information content (AvgIpc) is 1.19. The van der Waals surface area contributed by atoms with Crippen LogP contribution in [0.15, 0.2) is 0 Å². The van der Waals surface area contributed by atoms with E-state index in [0.717, 1.165) is 0 Å². The highest BCUT2D eigenvalue weighted by Gasteiger charge is 1.89. The monoisotopic (exact) mass is 160 g/mol. The normalized spacial score (nSPS) is 10.4. The lowest BCUT2D eigenvalue weighted by atomic mass is 10.5. The quantitative estimate of drug-likeness (QED) is 0.390.